The van der Waals surface area contributed by atoms with Gasteiger partial charge < -0.3 is 10.4 Å². The third-order valence-electron chi connectivity index (χ3n) is 5.00. The summed E-state index contributed by atoms with van der Waals surface area (Å²) < 4.78 is 0. The van der Waals surface area contributed by atoms with Gasteiger partial charge in [0, 0.05) is 29.1 Å². The summed E-state index contributed by atoms with van der Waals surface area (Å²) in [5.41, 5.74) is 2.28. The number of phenols is 1. The number of hydrogen-bond acceptors (Lipinski definition) is 6. The number of carbonyl (C=O) groups is 1. The summed E-state index contributed by atoms with van der Waals surface area (Å²) in [5, 5.41) is 16.2. The average Bonchev–Trinajstić information content (AvgIpc) is 3.20. The highest BCUT2D eigenvalue weighted by atomic mass is 35.5. The predicted molar refractivity (Wildman–Crippen MR) is 115 cm³/mol. The number of pyridine rings is 1. The first-order chi connectivity index (χ1) is 14.1. The Kier molecular flexibility index (Phi) is 6.08. The van der Waals surface area contributed by atoms with Gasteiger partial charge in [-0.3, -0.25) is 14.7 Å². The molecule has 1 saturated heterocycles. The maximum absolute atomic E-state index is 12.6. The van der Waals surface area contributed by atoms with E-state index in [-0.39, 0.29) is 17.6 Å². The van der Waals surface area contributed by atoms with Gasteiger partial charge in [0.15, 0.2) is 0 Å². The topological polar surface area (TPSA) is 78.4 Å². The number of halogens is 1. The molecule has 0 spiro atoms. The van der Waals surface area contributed by atoms with Gasteiger partial charge in [-0.15, -0.1) is 11.3 Å². The minimum absolute atomic E-state index is 0.0208. The number of benzene rings is 1. The maximum Gasteiger partial charge on any atom is 0.227 e. The van der Waals surface area contributed by atoms with Crippen molar-refractivity contribution >= 4 is 34.5 Å². The van der Waals surface area contributed by atoms with Gasteiger partial charge in [-0.1, -0.05) is 17.7 Å². The Hall–Kier alpha value is -2.48. The van der Waals surface area contributed by atoms with Crippen molar-refractivity contribution < 1.29 is 9.90 Å². The molecule has 0 atom stereocenters. The molecule has 1 fully saturated rings. The largest absolute Gasteiger partial charge is 0.506 e. The molecule has 6 nitrogen and oxygen atoms in total. The predicted octanol–water partition coefficient (Wildman–Crippen LogP) is 4.41. The minimum atomic E-state index is -0.0795. The fraction of sp³-hybridized carbons (Fsp3) is 0.286. The van der Waals surface area contributed by atoms with Gasteiger partial charge in [-0.25, -0.2) is 4.98 Å². The van der Waals surface area contributed by atoms with Gasteiger partial charge in [-0.2, -0.15) is 0 Å². The molecule has 29 heavy (non-hydrogen) atoms. The molecule has 0 unspecified atom stereocenters. The molecule has 0 saturated carbocycles. The lowest BCUT2D eigenvalue weighted by molar-refractivity contribution is -0.121. The Bertz CT molecular complexity index is 987. The number of thiazole rings is 1. The third kappa shape index (κ3) is 4.93. The number of nitrogens with one attached hydrogen (secondary N) is 1. The van der Waals surface area contributed by atoms with Crippen LogP contribution in [0.15, 0.2) is 48.0 Å². The van der Waals surface area contributed by atoms with Crippen molar-refractivity contribution in [1.82, 2.24) is 14.9 Å². The van der Waals surface area contributed by atoms with Crippen molar-refractivity contribution in [2.24, 2.45) is 5.92 Å². The Morgan fingerprint density at radius 3 is 2.86 bits per heavy atom. The monoisotopic (exact) mass is 428 g/mol. The molecule has 2 N–H and O–H groups in total. The number of aromatic hydroxyl groups is 1. The molecule has 1 aliphatic rings. The fourth-order valence-electron chi connectivity index (χ4n) is 3.41. The highest BCUT2D eigenvalue weighted by molar-refractivity contribution is 7.13. The molecule has 3 aromatic rings. The van der Waals surface area contributed by atoms with E-state index >= 15 is 0 Å². The molecule has 2 aromatic heterocycles. The second-order valence-electron chi connectivity index (χ2n) is 7.06. The Morgan fingerprint density at radius 2 is 2.10 bits per heavy atom. The molecule has 0 radical (unpaired) electrons. The summed E-state index contributed by atoms with van der Waals surface area (Å²) in [6.07, 6.45) is 3.31. The van der Waals surface area contributed by atoms with E-state index in [0.717, 1.165) is 48.9 Å². The van der Waals surface area contributed by atoms with Gasteiger partial charge in [0.05, 0.1) is 17.1 Å². The molecular weight excluding hydrogens is 408 g/mol. The van der Waals surface area contributed by atoms with Crippen LogP contribution in [-0.2, 0) is 11.3 Å². The van der Waals surface area contributed by atoms with E-state index < -0.39 is 0 Å². The van der Waals surface area contributed by atoms with E-state index in [0.29, 0.717) is 10.7 Å². The SMILES string of the molecule is O=C(Nc1cc(Cl)ccc1O)C1CCN(Cc2csc(-c3ccccn3)n2)CC1. The Labute approximate surface area is 178 Å². The number of carbonyl (C=O) groups excluding carboxylic acids is 1. The average molecular weight is 429 g/mol. The van der Waals surface area contributed by atoms with Crippen molar-refractivity contribution in [3.8, 4) is 16.5 Å². The number of aromatic nitrogens is 2. The smallest absolute Gasteiger partial charge is 0.227 e. The normalized spacial score (nSPS) is 15.3. The molecule has 8 heteroatoms. The Balaban J connectivity index is 1.30. The van der Waals surface area contributed by atoms with E-state index in [4.69, 9.17) is 16.6 Å². The van der Waals surface area contributed by atoms with Crippen LogP contribution < -0.4 is 5.32 Å². The van der Waals surface area contributed by atoms with Crippen molar-refractivity contribution in [3.63, 3.8) is 0 Å². The highest BCUT2D eigenvalue weighted by Crippen LogP contribution is 2.29. The van der Waals surface area contributed by atoms with Crippen LogP contribution in [0, 0.1) is 5.92 Å². The summed E-state index contributed by atoms with van der Waals surface area (Å²) in [5.74, 6) is -0.134. The van der Waals surface area contributed by atoms with Crippen LogP contribution in [0.5, 0.6) is 5.75 Å². The summed E-state index contributed by atoms with van der Waals surface area (Å²) in [6, 6.07) is 10.4. The van der Waals surface area contributed by atoms with Crippen LogP contribution in [0.3, 0.4) is 0 Å². The first-order valence-corrected chi connectivity index (χ1v) is 10.7. The van der Waals surface area contributed by atoms with E-state index in [1.54, 1.807) is 29.7 Å². The van der Waals surface area contributed by atoms with Gasteiger partial charge in [0.2, 0.25) is 5.91 Å². The summed E-state index contributed by atoms with van der Waals surface area (Å²) in [6.45, 7) is 2.43. The molecule has 150 valence electrons. The van der Waals surface area contributed by atoms with E-state index in [1.807, 2.05) is 18.2 Å². The number of rotatable bonds is 5. The van der Waals surface area contributed by atoms with Crippen molar-refractivity contribution in [2.45, 2.75) is 19.4 Å². The van der Waals surface area contributed by atoms with Crippen molar-refractivity contribution in [1.29, 1.82) is 0 Å². The van der Waals surface area contributed by atoms with E-state index in [2.05, 4.69) is 20.6 Å². The lowest BCUT2D eigenvalue weighted by atomic mass is 9.95. The number of anilines is 1. The zero-order valence-electron chi connectivity index (χ0n) is 15.7. The lowest BCUT2D eigenvalue weighted by Crippen LogP contribution is -2.37. The van der Waals surface area contributed by atoms with Crippen LogP contribution in [0.2, 0.25) is 5.02 Å². The number of piperidine rings is 1. The van der Waals surface area contributed by atoms with Gasteiger partial charge >= 0.3 is 0 Å². The van der Waals surface area contributed by atoms with Crippen LogP contribution in [0.4, 0.5) is 5.69 Å². The molecule has 1 aliphatic heterocycles. The molecule has 4 rings (SSSR count). The van der Waals surface area contributed by atoms with E-state index in [1.165, 1.54) is 6.07 Å². The second-order valence-corrected chi connectivity index (χ2v) is 8.35. The quantitative estimate of drug-likeness (QED) is 0.588. The standard InChI is InChI=1S/C21H21ClN4O2S/c22-15-4-5-19(27)18(11-15)25-20(28)14-6-9-26(10-7-14)12-16-13-29-21(24-16)17-3-1-2-8-23-17/h1-5,8,11,13-14,27H,6-7,9-10,12H2,(H,25,28). The minimum Gasteiger partial charge on any atom is -0.506 e. The highest BCUT2D eigenvalue weighted by Gasteiger charge is 2.26. The van der Waals surface area contributed by atoms with E-state index in [9.17, 15) is 9.90 Å². The van der Waals surface area contributed by atoms with Crippen LogP contribution in [0.25, 0.3) is 10.7 Å². The zero-order chi connectivity index (χ0) is 20.2. The molecule has 1 aromatic carbocycles. The molecule has 0 bridgehead atoms. The van der Waals surface area contributed by atoms with Crippen LogP contribution in [-0.4, -0.2) is 39.0 Å². The maximum atomic E-state index is 12.6. The molecule has 3 heterocycles. The number of likely N-dealkylation sites (tertiary alicyclic amines) is 1. The third-order valence-corrected chi connectivity index (χ3v) is 6.14. The fourth-order valence-corrected chi connectivity index (χ4v) is 4.37. The lowest BCUT2D eigenvalue weighted by Gasteiger charge is -2.30. The first kappa shape index (κ1) is 19.8. The number of hydrogen-bond donors (Lipinski definition) is 2. The Morgan fingerprint density at radius 1 is 1.28 bits per heavy atom. The number of phenolic OH excluding ortho intramolecular Hbond substituents is 1. The molecule has 1 amide bonds. The van der Waals surface area contributed by atoms with Gasteiger partial charge in [0.1, 0.15) is 10.8 Å². The van der Waals surface area contributed by atoms with Crippen LogP contribution in [0.1, 0.15) is 18.5 Å². The molecule has 0 aliphatic carbocycles. The van der Waals surface area contributed by atoms with Crippen molar-refractivity contribution in [2.75, 3.05) is 18.4 Å². The number of nitrogens with zero attached hydrogens (tertiary/aromatic N) is 3. The number of amides is 1. The summed E-state index contributed by atoms with van der Waals surface area (Å²) >= 11 is 7.55. The zero-order valence-corrected chi connectivity index (χ0v) is 17.3. The van der Waals surface area contributed by atoms with Crippen LogP contribution >= 0.6 is 22.9 Å². The molecular formula is C21H21ClN4O2S. The first-order valence-electron chi connectivity index (χ1n) is 9.46. The second kappa shape index (κ2) is 8.90. The van der Waals surface area contributed by atoms with Gasteiger partial charge in [-0.05, 0) is 56.3 Å². The summed E-state index contributed by atoms with van der Waals surface area (Å²) in [4.78, 5) is 23.9. The van der Waals surface area contributed by atoms with Gasteiger partial charge in [0.25, 0.3) is 0 Å². The van der Waals surface area contributed by atoms with Crippen molar-refractivity contribution in [3.05, 3.63) is 58.7 Å². The summed E-state index contributed by atoms with van der Waals surface area (Å²) in [7, 11) is 0.